The van der Waals surface area contributed by atoms with Crippen molar-refractivity contribution in [3.8, 4) is 5.75 Å². The molecule has 11 nitrogen and oxygen atoms in total. The van der Waals surface area contributed by atoms with Crippen LogP contribution in [-0.2, 0) is 44.5 Å². The number of ether oxygens (including phenoxy) is 9. The van der Waals surface area contributed by atoms with Crippen molar-refractivity contribution < 1.29 is 47.4 Å². The van der Waals surface area contributed by atoms with Gasteiger partial charge in [0.15, 0.2) is 0 Å². The zero-order chi connectivity index (χ0) is 28.9. The lowest BCUT2D eigenvalue weighted by atomic mass is 10.2. The number of carbonyl (C=O) groups excluding carboxylic acids is 1. The van der Waals surface area contributed by atoms with Crippen molar-refractivity contribution >= 4 is 6.09 Å². The molecule has 0 saturated carbocycles. The summed E-state index contributed by atoms with van der Waals surface area (Å²) in [7, 11) is 0. The minimum absolute atomic E-state index is 0.241. The molecule has 11 heteroatoms. The van der Waals surface area contributed by atoms with E-state index < -0.39 is 6.09 Å². The van der Waals surface area contributed by atoms with Gasteiger partial charge in [0, 0.05) is 6.54 Å². The maximum Gasteiger partial charge on any atom is 0.407 e. The van der Waals surface area contributed by atoms with Gasteiger partial charge in [-0.05, 0) is 17.7 Å². The second-order valence-corrected chi connectivity index (χ2v) is 8.44. The molecule has 0 aliphatic carbocycles. The number of alkyl carbamates (subject to hydrolysis) is 1. The van der Waals surface area contributed by atoms with Crippen LogP contribution >= 0.6 is 0 Å². The monoisotopic (exact) mass is 579 g/mol. The smallest absolute Gasteiger partial charge is 0.407 e. The van der Waals surface area contributed by atoms with E-state index in [1.54, 1.807) is 0 Å². The van der Waals surface area contributed by atoms with E-state index in [4.69, 9.17) is 42.6 Å². The third kappa shape index (κ3) is 21.6. The first-order valence-electron chi connectivity index (χ1n) is 14.0. The molecule has 1 N–H and O–H groups in total. The fraction of sp³-hybridized carbons (Fsp3) is 0.567. The van der Waals surface area contributed by atoms with Gasteiger partial charge in [0.2, 0.25) is 0 Å². The Labute approximate surface area is 243 Å². The average molecular weight is 580 g/mol. The average Bonchev–Trinajstić information content (AvgIpc) is 3.01. The third-order valence-electron chi connectivity index (χ3n) is 5.20. The summed E-state index contributed by atoms with van der Waals surface area (Å²) in [6, 6.07) is 19.2. The summed E-state index contributed by atoms with van der Waals surface area (Å²) < 4.78 is 48.8. The highest BCUT2D eigenvalue weighted by molar-refractivity contribution is 5.67. The van der Waals surface area contributed by atoms with Gasteiger partial charge in [-0.2, -0.15) is 0 Å². The minimum atomic E-state index is -0.466. The Balaban J connectivity index is 1.18. The molecular formula is C30H45NO10. The van der Waals surface area contributed by atoms with E-state index in [1.165, 1.54) is 0 Å². The van der Waals surface area contributed by atoms with Crippen molar-refractivity contribution in [2.24, 2.45) is 0 Å². The number of rotatable bonds is 27. The first-order valence-corrected chi connectivity index (χ1v) is 14.0. The largest absolute Gasteiger partial charge is 0.491 e. The highest BCUT2D eigenvalue weighted by Gasteiger charge is 2.02. The molecule has 0 heterocycles. The molecule has 2 aromatic carbocycles. The normalized spacial score (nSPS) is 10.9. The third-order valence-corrected chi connectivity index (χ3v) is 5.20. The lowest BCUT2D eigenvalue weighted by Crippen LogP contribution is -2.28. The van der Waals surface area contributed by atoms with Gasteiger partial charge in [-0.1, -0.05) is 48.5 Å². The molecule has 0 aromatic heterocycles. The van der Waals surface area contributed by atoms with Gasteiger partial charge < -0.3 is 47.9 Å². The molecular weight excluding hydrogens is 534 g/mol. The highest BCUT2D eigenvalue weighted by Crippen LogP contribution is 2.07. The van der Waals surface area contributed by atoms with Crippen molar-refractivity contribution in [2.75, 3.05) is 106 Å². The summed E-state index contributed by atoms with van der Waals surface area (Å²) in [6.07, 6.45) is -0.466. The van der Waals surface area contributed by atoms with Crippen LogP contribution in [0.1, 0.15) is 5.56 Å². The number of carbonyl (C=O) groups is 1. The molecule has 0 fully saturated rings. The predicted octanol–water partition coefficient (Wildman–Crippen LogP) is 3.11. The Hall–Kier alpha value is -2.77. The van der Waals surface area contributed by atoms with Crippen LogP contribution in [0.15, 0.2) is 60.7 Å². The Morgan fingerprint density at radius 1 is 0.488 bits per heavy atom. The number of hydrogen-bond acceptors (Lipinski definition) is 10. The molecule has 41 heavy (non-hydrogen) atoms. The second-order valence-electron chi connectivity index (χ2n) is 8.44. The van der Waals surface area contributed by atoms with Gasteiger partial charge in [-0.25, -0.2) is 4.79 Å². The van der Waals surface area contributed by atoms with Gasteiger partial charge >= 0.3 is 6.09 Å². The number of benzene rings is 2. The molecule has 0 atom stereocenters. The molecule has 1 amide bonds. The first-order chi connectivity index (χ1) is 20.3. The van der Waals surface area contributed by atoms with Crippen LogP contribution < -0.4 is 10.1 Å². The number of nitrogens with one attached hydrogen (secondary N) is 1. The summed E-state index contributed by atoms with van der Waals surface area (Å²) in [5.41, 5.74) is 0.940. The van der Waals surface area contributed by atoms with E-state index in [0.717, 1.165) is 11.3 Å². The molecule has 0 aliphatic rings. The van der Waals surface area contributed by atoms with Crippen LogP contribution in [0.25, 0.3) is 0 Å². The summed E-state index contributed by atoms with van der Waals surface area (Å²) >= 11 is 0. The summed E-state index contributed by atoms with van der Waals surface area (Å²) in [6.45, 7) is 7.94. The molecule has 0 saturated heterocycles. The van der Waals surface area contributed by atoms with Crippen LogP contribution in [-0.4, -0.2) is 112 Å². The molecule has 0 bridgehead atoms. The van der Waals surface area contributed by atoms with E-state index in [-0.39, 0.29) is 6.61 Å². The Morgan fingerprint density at radius 3 is 1.34 bits per heavy atom. The Kier molecular flexibility index (Phi) is 22.0. The topological polar surface area (TPSA) is 112 Å². The molecule has 230 valence electrons. The standard InChI is InChI=1S/C30H45NO10/c32-30(41-27-28-7-3-1-4-8-28)31-11-12-33-13-14-34-15-16-35-17-18-36-19-20-37-21-22-38-23-24-39-25-26-40-29-9-5-2-6-10-29/h1-10H,11-27H2,(H,31,32). The van der Waals surface area contributed by atoms with Crippen LogP contribution in [0.4, 0.5) is 4.79 Å². The molecule has 0 radical (unpaired) electrons. The first kappa shape index (κ1) is 34.4. The van der Waals surface area contributed by atoms with Crippen LogP contribution in [0.5, 0.6) is 5.75 Å². The van der Waals surface area contributed by atoms with Crippen LogP contribution in [0, 0.1) is 0 Å². The van der Waals surface area contributed by atoms with Gasteiger partial charge in [0.1, 0.15) is 19.0 Å². The number of para-hydroxylation sites is 1. The quantitative estimate of drug-likeness (QED) is 0.159. The summed E-state index contributed by atoms with van der Waals surface area (Å²) in [5, 5.41) is 2.64. The van der Waals surface area contributed by atoms with Gasteiger partial charge in [-0.3, -0.25) is 0 Å². The molecule has 0 aliphatic heterocycles. The number of hydrogen-bond donors (Lipinski definition) is 1. The fourth-order valence-corrected chi connectivity index (χ4v) is 3.16. The minimum Gasteiger partial charge on any atom is -0.491 e. The van der Waals surface area contributed by atoms with Crippen molar-refractivity contribution in [1.82, 2.24) is 5.32 Å². The molecule has 2 aromatic rings. The zero-order valence-electron chi connectivity index (χ0n) is 23.9. The zero-order valence-corrected chi connectivity index (χ0v) is 23.9. The maximum absolute atomic E-state index is 11.6. The Bertz CT molecular complexity index is 844. The lowest BCUT2D eigenvalue weighted by Gasteiger charge is -2.09. The van der Waals surface area contributed by atoms with E-state index in [1.807, 2.05) is 60.7 Å². The van der Waals surface area contributed by atoms with Gasteiger partial charge in [-0.15, -0.1) is 0 Å². The fourth-order valence-electron chi connectivity index (χ4n) is 3.16. The molecule has 0 spiro atoms. The Morgan fingerprint density at radius 2 is 0.878 bits per heavy atom. The van der Waals surface area contributed by atoms with E-state index in [9.17, 15) is 4.79 Å². The van der Waals surface area contributed by atoms with Crippen LogP contribution in [0.2, 0.25) is 0 Å². The summed E-state index contributed by atoms with van der Waals surface area (Å²) in [4.78, 5) is 11.6. The van der Waals surface area contributed by atoms with E-state index >= 15 is 0 Å². The lowest BCUT2D eigenvalue weighted by molar-refractivity contribution is -0.0211. The molecule has 2 rings (SSSR count). The number of amides is 1. The van der Waals surface area contributed by atoms with Crippen molar-refractivity contribution in [3.05, 3.63) is 66.2 Å². The van der Waals surface area contributed by atoms with Crippen molar-refractivity contribution in [1.29, 1.82) is 0 Å². The van der Waals surface area contributed by atoms with E-state index in [0.29, 0.717) is 106 Å². The highest BCUT2D eigenvalue weighted by atomic mass is 16.6. The second kappa shape index (κ2) is 26.1. The van der Waals surface area contributed by atoms with Crippen molar-refractivity contribution in [3.63, 3.8) is 0 Å². The predicted molar refractivity (Wildman–Crippen MR) is 152 cm³/mol. The van der Waals surface area contributed by atoms with Crippen LogP contribution in [0.3, 0.4) is 0 Å². The molecule has 0 unspecified atom stereocenters. The maximum atomic E-state index is 11.6. The SMILES string of the molecule is O=C(NCCOCCOCCOCCOCCOCCOCCOCCOc1ccccc1)OCc1ccccc1. The van der Waals surface area contributed by atoms with Crippen molar-refractivity contribution in [2.45, 2.75) is 6.61 Å². The van der Waals surface area contributed by atoms with Gasteiger partial charge in [0.25, 0.3) is 0 Å². The van der Waals surface area contributed by atoms with Gasteiger partial charge in [0.05, 0.1) is 92.5 Å². The van der Waals surface area contributed by atoms with E-state index in [2.05, 4.69) is 5.32 Å². The summed E-state index contributed by atoms with van der Waals surface area (Å²) in [5.74, 6) is 0.841.